The molecule has 0 atom stereocenters. The van der Waals surface area contributed by atoms with Crippen LogP contribution in [0.15, 0.2) is 0 Å². The number of nitrogens with two attached hydrogens (primary N) is 1. The molecule has 0 spiro atoms. The average molecular weight is 200 g/mol. The number of rotatable bonds is 1. The van der Waals surface area contributed by atoms with E-state index in [1.807, 2.05) is 0 Å². The van der Waals surface area contributed by atoms with E-state index in [9.17, 15) is 18.0 Å². The third kappa shape index (κ3) is 3.07. The second-order valence-corrected chi connectivity index (χ2v) is 2.49. The lowest BCUT2D eigenvalue weighted by Crippen LogP contribution is -2.55. The number of carbonyl (C=O) groups is 1. The predicted molar refractivity (Wildman–Crippen MR) is 38.9 cm³/mol. The molecule has 0 fully saturated rings. The van der Waals surface area contributed by atoms with E-state index in [-0.39, 0.29) is 0 Å². The molecule has 78 valence electrons. The van der Waals surface area contributed by atoms with Gasteiger partial charge < -0.3 is 0 Å². The summed E-state index contributed by atoms with van der Waals surface area (Å²) in [6.07, 6.45) is -4.86. The summed E-state index contributed by atoms with van der Waals surface area (Å²) in [4.78, 5) is 10.9. The molecule has 0 bridgehead atoms. The van der Waals surface area contributed by atoms with E-state index in [2.05, 4.69) is 5.84 Å². The molecule has 2 amide bonds. The van der Waals surface area contributed by atoms with Crippen molar-refractivity contribution < 1.29 is 18.0 Å². The molecule has 0 aliphatic heterocycles. The third-order valence-electron chi connectivity index (χ3n) is 1.36. The number of alkyl halides is 3. The van der Waals surface area contributed by atoms with Crippen LogP contribution in [0.25, 0.3) is 0 Å². The Labute approximate surface area is 73.4 Å². The van der Waals surface area contributed by atoms with Gasteiger partial charge in [-0.05, 0) is 0 Å². The summed E-state index contributed by atoms with van der Waals surface area (Å²) in [5, 5.41) is 1.12. The van der Waals surface area contributed by atoms with Gasteiger partial charge in [0.05, 0.1) is 0 Å². The molecule has 0 radical (unpaired) electrons. The van der Waals surface area contributed by atoms with Gasteiger partial charge in [-0.15, -0.1) is 13.2 Å². The summed E-state index contributed by atoms with van der Waals surface area (Å²) in [5.41, 5.74) is 0. The minimum Gasteiger partial charge on any atom is -0.259 e. The quantitative estimate of drug-likeness (QED) is 0.285. The molecule has 0 aliphatic rings. The molecule has 0 saturated carbocycles. The minimum atomic E-state index is -4.86. The lowest BCUT2D eigenvalue weighted by Gasteiger charge is -2.29. The van der Waals surface area contributed by atoms with Gasteiger partial charge >= 0.3 is 12.3 Å². The Hall–Kier alpha value is -1.02. The molecular formula is C5H11F3N4O. The molecule has 0 saturated heterocycles. The van der Waals surface area contributed by atoms with E-state index in [4.69, 9.17) is 0 Å². The van der Waals surface area contributed by atoms with Crippen LogP contribution in [0.5, 0.6) is 0 Å². The van der Waals surface area contributed by atoms with Gasteiger partial charge in [0.1, 0.15) is 0 Å². The van der Waals surface area contributed by atoms with Crippen LogP contribution in [-0.4, -0.2) is 48.5 Å². The Morgan fingerprint density at radius 2 is 1.62 bits per heavy atom. The smallest absolute Gasteiger partial charge is 0.259 e. The highest BCUT2D eigenvalue weighted by Crippen LogP contribution is 2.18. The lowest BCUT2D eigenvalue weighted by molar-refractivity contribution is -0.230. The molecule has 5 nitrogen and oxygen atoms in total. The highest BCUT2D eigenvalue weighted by Gasteiger charge is 2.40. The number of hydrogen-bond acceptors (Lipinski definition) is 3. The normalized spacial score (nSPS) is 11.7. The Morgan fingerprint density at radius 1 is 1.23 bits per heavy atom. The molecule has 2 N–H and O–H groups in total. The van der Waals surface area contributed by atoms with Crippen LogP contribution in [0.2, 0.25) is 0 Å². The summed E-state index contributed by atoms with van der Waals surface area (Å²) in [5.74, 6) is 4.52. The van der Waals surface area contributed by atoms with E-state index in [1.54, 1.807) is 0 Å². The number of urea groups is 1. The van der Waals surface area contributed by atoms with Crippen molar-refractivity contribution in [2.24, 2.45) is 5.84 Å². The lowest BCUT2D eigenvalue weighted by atomic mass is 10.8. The van der Waals surface area contributed by atoms with Gasteiger partial charge in [0.15, 0.2) is 0 Å². The van der Waals surface area contributed by atoms with Gasteiger partial charge in [0, 0.05) is 21.1 Å². The summed E-state index contributed by atoms with van der Waals surface area (Å²) >= 11 is 0. The highest BCUT2D eigenvalue weighted by molar-refractivity contribution is 5.73. The maximum atomic E-state index is 11.9. The molecule has 0 unspecified atom stereocenters. The topological polar surface area (TPSA) is 52.8 Å². The van der Waals surface area contributed by atoms with Crippen molar-refractivity contribution in [1.29, 1.82) is 0 Å². The van der Waals surface area contributed by atoms with E-state index < -0.39 is 17.3 Å². The third-order valence-corrected chi connectivity index (χ3v) is 1.36. The second kappa shape index (κ2) is 3.79. The van der Waals surface area contributed by atoms with Crippen LogP contribution in [0.1, 0.15) is 0 Å². The molecular weight excluding hydrogens is 189 g/mol. The van der Waals surface area contributed by atoms with Gasteiger partial charge in [-0.1, -0.05) is 0 Å². The fourth-order valence-corrected chi connectivity index (χ4v) is 0.435. The summed E-state index contributed by atoms with van der Waals surface area (Å²) < 4.78 is 35.6. The second-order valence-electron chi connectivity index (χ2n) is 2.49. The Kier molecular flexibility index (Phi) is 3.50. The van der Waals surface area contributed by atoms with E-state index in [1.165, 1.54) is 26.2 Å². The van der Waals surface area contributed by atoms with Crippen molar-refractivity contribution in [1.82, 2.24) is 15.0 Å². The van der Waals surface area contributed by atoms with Crippen LogP contribution >= 0.6 is 0 Å². The van der Waals surface area contributed by atoms with Gasteiger partial charge in [-0.3, -0.25) is 5.01 Å². The predicted octanol–water partition coefficient (Wildman–Crippen LogP) is 0.210. The van der Waals surface area contributed by atoms with Gasteiger partial charge in [0.2, 0.25) is 0 Å². The molecule has 0 aromatic carbocycles. The van der Waals surface area contributed by atoms with Crippen molar-refractivity contribution in [2.75, 3.05) is 21.1 Å². The maximum Gasteiger partial charge on any atom is 0.502 e. The first-order valence-electron chi connectivity index (χ1n) is 3.24. The first kappa shape index (κ1) is 12.0. The van der Waals surface area contributed by atoms with E-state index in [0.29, 0.717) is 0 Å². The zero-order valence-electron chi connectivity index (χ0n) is 7.46. The fourth-order valence-electron chi connectivity index (χ4n) is 0.435. The molecule has 8 heteroatoms. The Balaban J connectivity index is 4.44. The largest absolute Gasteiger partial charge is 0.502 e. The minimum absolute atomic E-state index is 0.730. The maximum absolute atomic E-state index is 11.9. The summed E-state index contributed by atoms with van der Waals surface area (Å²) in [6.45, 7) is 0. The molecule has 0 aliphatic carbocycles. The Morgan fingerprint density at radius 3 is 1.85 bits per heavy atom. The van der Waals surface area contributed by atoms with Crippen LogP contribution < -0.4 is 5.84 Å². The van der Waals surface area contributed by atoms with E-state index in [0.717, 1.165) is 5.01 Å². The summed E-state index contributed by atoms with van der Waals surface area (Å²) in [6, 6.07) is -1.35. The van der Waals surface area contributed by atoms with Gasteiger partial charge in [-0.25, -0.2) is 15.6 Å². The van der Waals surface area contributed by atoms with Crippen molar-refractivity contribution in [3.05, 3.63) is 0 Å². The zero-order chi connectivity index (χ0) is 10.8. The Bertz CT molecular complexity index is 193. The highest BCUT2D eigenvalue weighted by atomic mass is 19.4. The van der Waals surface area contributed by atoms with E-state index >= 15 is 0 Å². The fraction of sp³-hybridized carbons (Fsp3) is 0.800. The molecule has 0 aromatic heterocycles. The molecule has 0 rings (SSSR count). The molecule has 0 heterocycles. The van der Waals surface area contributed by atoms with Crippen LogP contribution in [0.3, 0.4) is 0 Å². The monoisotopic (exact) mass is 200 g/mol. The van der Waals surface area contributed by atoms with Crippen LogP contribution in [-0.2, 0) is 0 Å². The van der Waals surface area contributed by atoms with Gasteiger partial charge in [-0.2, -0.15) is 5.01 Å². The van der Waals surface area contributed by atoms with Crippen molar-refractivity contribution in [3.63, 3.8) is 0 Å². The number of nitrogens with zero attached hydrogens (tertiary/aromatic N) is 3. The average Bonchev–Trinajstić information content (AvgIpc) is 1.98. The SMILES string of the molecule is CN(C)N(C)C(=O)N(N)C(F)(F)F. The standard InChI is InChI=1S/C5H11F3N4O/c1-10(2)11(3)4(13)12(9)5(6,7)8/h9H2,1-3H3. The number of hydrogen-bond donors (Lipinski definition) is 1. The molecule has 13 heavy (non-hydrogen) atoms. The number of carbonyl (C=O) groups excluding carboxylic acids is 1. The number of amides is 2. The van der Waals surface area contributed by atoms with Crippen molar-refractivity contribution in [3.8, 4) is 0 Å². The van der Waals surface area contributed by atoms with Gasteiger partial charge in [0.25, 0.3) is 0 Å². The van der Waals surface area contributed by atoms with Crippen molar-refractivity contribution >= 4 is 6.03 Å². The molecule has 0 aromatic rings. The van der Waals surface area contributed by atoms with Crippen molar-refractivity contribution in [2.45, 2.75) is 6.30 Å². The first-order chi connectivity index (χ1) is 5.68. The summed E-state index contributed by atoms with van der Waals surface area (Å²) in [7, 11) is 4.01. The zero-order valence-corrected chi connectivity index (χ0v) is 7.46. The number of halogens is 3. The number of hydrazine groups is 2. The van der Waals surface area contributed by atoms with Crippen LogP contribution in [0, 0.1) is 0 Å². The first-order valence-corrected chi connectivity index (χ1v) is 3.24. The van der Waals surface area contributed by atoms with Crippen LogP contribution in [0.4, 0.5) is 18.0 Å².